The molecule has 0 aliphatic heterocycles. The van der Waals surface area contributed by atoms with E-state index in [1.54, 1.807) is 35.6 Å². The van der Waals surface area contributed by atoms with Crippen LogP contribution in [0.3, 0.4) is 0 Å². The summed E-state index contributed by atoms with van der Waals surface area (Å²) in [4.78, 5) is 16.5. The van der Waals surface area contributed by atoms with Crippen molar-refractivity contribution in [2.45, 2.75) is 6.54 Å². The third-order valence-electron chi connectivity index (χ3n) is 4.20. The molecule has 0 spiro atoms. The number of hydrogen-bond acceptors (Lipinski definition) is 3. The van der Waals surface area contributed by atoms with Crippen LogP contribution in [0, 0.1) is 5.82 Å². The molecule has 2 heterocycles. The molecule has 28 heavy (non-hydrogen) atoms. The molecule has 1 amide bonds. The van der Waals surface area contributed by atoms with E-state index < -0.39 is 5.82 Å². The highest BCUT2D eigenvalue weighted by molar-refractivity contribution is 7.15. The number of anilines is 1. The predicted molar refractivity (Wildman–Crippen MR) is 110 cm³/mol. The van der Waals surface area contributed by atoms with Gasteiger partial charge in [-0.25, -0.2) is 4.39 Å². The fraction of sp³-hybridized carbons (Fsp3) is 0.0455. The number of halogens is 2. The minimum Gasteiger partial charge on any atom is -0.459 e. The first-order valence-electron chi connectivity index (χ1n) is 8.56. The molecule has 0 unspecified atom stereocenters. The van der Waals surface area contributed by atoms with Crippen molar-refractivity contribution in [3.05, 3.63) is 101 Å². The summed E-state index contributed by atoms with van der Waals surface area (Å²) in [6.07, 6.45) is 1.45. The maximum Gasteiger partial charge on any atom is 0.294 e. The van der Waals surface area contributed by atoms with Crippen molar-refractivity contribution in [3.8, 4) is 10.4 Å². The molecule has 4 rings (SSSR count). The number of carbonyl (C=O) groups is 1. The molecule has 0 saturated carbocycles. The van der Waals surface area contributed by atoms with Gasteiger partial charge in [-0.2, -0.15) is 0 Å². The molecule has 0 N–H and O–H groups in total. The zero-order valence-corrected chi connectivity index (χ0v) is 16.2. The van der Waals surface area contributed by atoms with Crippen molar-refractivity contribution in [1.29, 1.82) is 0 Å². The summed E-state index contributed by atoms with van der Waals surface area (Å²) < 4.78 is 19.0. The Bertz CT molecular complexity index is 1090. The van der Waals surface area contributed by atoms with Gasteiger partial charge in [0.15, 0.2) is 5.76 Å². The van der Waals surface area contributed by atoms with Crippen LogP contribution in [0.1, 0.15) is 15.4 Å². The maximum absolute atomic E-state index is 13.8. The molecule has 140 valence electrons. The topological polar surface area (TPSA) is 33.5 Å². The molecule has 6 heteroatoms. The average Bonchev–Trinajstić information content (AvgIpc) is 3.38. The molecule has 0 radical (unpaired) electrons. The lowest BCUT2D eigenvalue weighted by Gasteiger charge is -2.21. The van der Waals surface area contributed by atoms with Crippen molar-refractivity contribution in [2.75, 3.05) is 4.90 Å². The van der Waals surface area contributed by atoms with Crippen LogP contribution >= 0.6 is 22.9 Å². The van der Waals surface area contributed by atoms with Gasteiger partial charge in [-0.3, -0.25) is 4.79 Å². The summed E-state index contributed by atoms with van der Waals surface area (Å²) in [7, 11) is 0. The molecule has 3 nitrogen and oxygen atoms in total. The number of thiophene rings is 1. The Morgan fingerprint density at radius 2 is 1.86 bits per heavy atom. The van der Waals surface area contributed by atoms with Crippen molar-refractivity contribution in [1.82, 2.24) is 0 Å². The largest absolute Gasteiger partial charge is 0.459 e. The average molecular weight is 412 g/mol. The molecule has 4 aromatic rings. The Hall–Kier alpha value is -2.89. The van der Waals surface area contributed by atoms with E-state index in [9.17, 15) is 9.18 Å². The Kier molecular flexibility index (Phi) is 5.28. The van der Waals surface area contributed by atoms with Gasteiger partial charge in [-0.15, -0.1) is 11.3 Å². The van der Waals surface area contributed by atoms with Crippen molar-refractivity contribution in [3.63, 3.8) is 0 Å². The number of rotatable bonds is 5. The second-order valence-corrected chi connectivity index (χ2v) is 7.73. The lowest BCUT2D eigenvalue weighted by molar-refractivity contribution is 0.0958. The molecule has 2 aromatic carbocycles. The van der Waals surface area contributed by atoms with Crippen LogP contribution in [0.5, 0.6) is 0 Å². The number of hydrogen-bond donors (Lipinski definition) is 0. The van der Waals surface area contributed by atoms with E-state index in [-0.39, 0.29) is 11.7 Å². The van der Waals surface area contributed by atoms with E-state index in [1.165, 1.54) is 23.3 Å². The van der Waals surface area contributed by atoms with Crippen LogP contribution in [0.25, 0.3) is 10.4 Å². The second kappa shape index (κ2) is 8.00. The first-order chi connectivity index (χ1) is 13.6. The Morgan fingerprint density at radius 3 is 2.57 bits per heavy atom. The lowest BCUT2D eigenvalue weighted by atomic mass is 10.2. The van der Waals surface area contributed by atoms with Gasteiger partial charge < -0.3 is 9.32 Å². The van der Waals surface area contributed by atoms with E-state index in [0.717, 1.165) is 15.3 Å². The van der Waals surface area contributed by atoms with Crippen LogP contribution in [0.2, 0.25) is 5.02 Å². The molecule has 0 saturated heterocycles. The van der Waals surface area contributed by atoms with Gasteiger partial charge >= 0.3 is 0 Å². The normalized spacial score (nSPS) is 10.8. The molecule has 0 aliphatic rings. The third-order valence-corrected chi connectivity index (χ3v) is 5.57. The highest BCUT2D eigenvalue weighted by atomic mass is 35.5. The predicted octanol–water partition coefficient (Wildman–Crippen LogP) is 6.65. The summed E-state index contributed by atoms with van der Waals surface area (Å²) in [5.41, 5.74) is 1.53. The minimum atomic E-state index is -0.400. The Labute approximate surface area is 170 Å². The lowest BCUT2D eigenvalue weighted by Crippen LogP contribution is -2.29. The monoisotopic (exact) mass is 411 g/mol. The van der Waals surface area contributed by atoms with Crippen molar-refractivity contribution >= 4 is 34.5 Å². The molecule has 0 bridgehead atoms. The van der Waals surface area contributed by atoms with Gasteiger partial charge in [0.25, 0.3) is 5.91 Å². The summed E-state index contributed by atoms with van der Waals surface area (Å²) in [5.74, 6) is -0.515. The van der Waals surface area contributed by atoms with Crippen LogP contribution in [-0.4, -0.2) is 5.91 Å². The van der Waals surface area contributed by atoms with Gasteiger partial charge in [-0.1, -0.05) is 29.8 Å². The van der Waals surface area contributed by atoms with Gasteiger partial charge in [-0.05, 0) is 60.2 Å². The number of furan rings is 1. The smallest absolute Gasteiger partial charge is 0.294 e. The number of amides is 1. The van der Waals surface area contributed by atoms with E-state index in [0.29, 0.717) is 17.3 Å². The molecule has 2 aromatic heterocycles. The fourth-order valence-electron chi connectivity index (χ4n) is 2.85. The zero-order valence-electron chi connectivity index (χ0n) is 14.6. The number of nitrogens with zero attached hydrogens (tertiary/aromatic N) is 1. The molecule has 0 aliphatic carbocycles. The fourth-order valence-corrected chi connectivity index (χ4v) is 3.97. The highest BCUT2D eigenvalue weighted by Gasteiger charge is 2.21. The number of benzene rings is 2. The maximum atomic E-state index is 13.8. The first kappa shape index (κ1) is 18.5. The van der Waals surface area contributed by atoms with Crippen LogP contribution < -0.4 is 4.90 Å². The van der Waals surface area contributed by atoms with E-state index in [4.69, 9.17) is 16.0 Å². The van der Waals surface area contributed by atoms with Crippen molar-refractivity contribution < 1.29 is 13.6 Å². The summed E-state index contributed by atoms with van der Waals surface area (Å²) in [5, 5.41) is 0.682. The molecular formula is C22H15ClFNO2S. The summed E-state index contributed by atoms with van der Waals surface area (Å²) >= 11 is 7.53. The third kappa shape index (κ3) is 4.01. The SMILES string of the molecule is O=C(c1ccco1)N(Cc1ccc(-c2ccc(Cl)cc2)s1)c1cccc(F)c1. The number of carbonyl (C=O) groups excluding carboxylic acids is 1. The quantitative estimate of drug-likeness (QED) is 0.368. The van der Waals surface area contributed by atoms with Crippen molar-refractivity contribution in [2.24, 2.45) is 0 Å². The highest BCUT2D eigenvalue weighted by Crippen LogP contribution is 2.31. The summed E-state index contributed by atoms with van der Waals surface area (Å²) in [6, 6.07) is 20.8. The van der Waals surface area contributed by atoms with E-state index in [2.05, 4.69) is 0 Å². The molecule has 0 fully saturated rings. The first-order valence-corrected chi connectivity index (χ1v) is 9.75. The zero-order chi connectivity index (χ0) is 19.5. The Balaban J connectivity index is 1.64. The van der Waals surface area contributed by atoms with Gasteiger partial charge in [0, 0.05) is 20.5 Å². The van der Waals surface area contributed by atoms with Crippen LogP contribution in [0.4, 0.5) is 10.1 Å². The van der Waals surface area contributed by atoms with E-state index >= 15 is 0 Å². The van der Waals surface area contributed by atoms with Gasteiger partial charge in [0.1, 0.15) is 5.82 Å². The molecular weight excluding hydrogens is 397 g/mol. The van der Waals surface area contributed by atoms with E-state index in [1.807, 2.05) is 36.4 Å². The van der Waals surface area contributed by atoms with Gasteiger partial charge in [0.2, 0.25) is 0 Å². The standard InChI is InChI=1S/C22H15ClFNO2S/c23-16-8-6-15(7-9-16)21-11-10-19(28-21)14-25(18-4-1-3-17(24)13-18)22(26)20-5-2-12-27-20/h1-13H,14H2. The minimum absolute atomic E-state index is 0.207. The second-order valence-electron chi connectivity index (χ2n) is 6.12. The van der Waals surface area contributed by atoms with Crippen LogP contribution in [0.15, 0.2) is 83.5 Å². The summed E-state index contributed by atoms with van der Waals surface area (Å²) in [6.45, 7) is 0.307. The van der Waals surface area contributed by atoms with Gasteiger partial charge in [0.05, 0.1) is 12.8 Å². The Morgan fingerprint density at radius 1 is 1.04 bits per heavy atom. The van der Waals surface area contributed by atoms with Crippen LogP contribution in [-0.2, 0) is 6.54 Å². The molecule has 0 atom stereocenters.